The number of nitrogens with one attached hydrogen (secondary N) is 1. The second-order valence-corrected chi connectivity index (χ2v) is 4.16. The highest BCUT2D eigenvalue weighted by atomic mass is 35.5. The number of hydrogen-bond acceptors (Lipinski definition) is 2. The Morgan fingerprint density at radius 1 is 1.31 bits per heavy atom. The molecule has 1 saturated carbocycles. The molecule has 0 aromatic rings. The van der Waals surface area contributed by atoms with E-state index in [2.05, 4.69) is 5.32 Å². The van der Waals surface area contributed by atoms with Gasteiger partial charge in [-0.2, -0.15) is 0 Å². The Bertz CT molecular complexity index is 135. The van der Waals surface area contributed by atoms with E-state index in [1.165, 1.54) is 32.1 Å². The fourth-order valence-electron chi connectivity index (χ4n) is 2.00. The fourth-order valence-corrected chi connectivity index (χ4v) is 2.37. The van der Waals surface area contributed by atoms with E-state index < -0.39 is 0 Å². The highest BCUT2D eigenvalue weighted by Gasteiger charge is 2.29. The zero-order chi connectivity index (χ0) is 9.57. The molecular formula is C10H20ClNO. The van der Waals surface area contributed by atoms with Crippen LogP contribution in [0.2, 0.25) is 0 Å². The van der Waals surface area contributed by atoms with E-state index in [0.717, 1.165) is 19.0 Å². The quantitative estimate of drug-likeness (QED) is 0.549. The summed E-state index contributed by atoms with van der Waals surface area (Å²) >= 11 is 6.01. The molecule has 0 amide bonds. The van der Waals surface area contributed by atoms with Gasteiger partial charge in [0.05, 0.1) is 6.61 Å². The SMILES string of the molecule is COCCNC1(CCl)CCCCC1. The first kappa shape index (κ1) is 11.3. The Labute approximate surface area is 86.0 Å². The van der Waals surface area contributed by atoms with Gasteiger partial charge < -0.3 is 10.1 Å². The van der Waals surface area contributed by atoms with Crippen molar-refractivity contribution in [2.45, 2.75) is 37.6 Å². The minimum absolute atomic E-state index is 0.207. The van der Waals surface area contributed by atoms with Gasteiger partial charge in [0.1, 0.15) is 0 Å². The van der Waals surface area contributed by atoms with Gasteiger partial charge in [0.15, 0.2) is 0 Å². The molecule has 0 unspecified atom stereocenters. The largest absolute Gasteiger partial charge is 0.383 e. The van der Waals surface area contributed by atoms with Crippen LogP contribution in [0.25, 0.3) is 0 Å². The minimum atomic E-state index is 0.207. The first-order valence-electron chi connectivity index (χ1n) is 5.13. The van der Waals surface area contributed by atoms with Crippen LogP contribution in [0.4, 0.5) is 0 Å². The molecule has 0 saturated heterocycles. The number of methoxy groups -OCH3 is 1. The van der Waals surface area contributed by atoms with Gasteiger partial charge in [-0.1, -0.05) is 19.3 Å². The lowest BCUT2D eigenvalue weighted by atomic mass is 9.83. The number of ether oxygens (including phenoxy) is 1. The van der Waals surface area contributed by atoms with Crippen molar-refractivity contribution in [2.75, 3.05) is 26.1 Å². The lowest BCUT2D eigenvalue weighted by Gasteiger charge is -2.36. The molecule has 0 heterocycles. The molecule has 0 spiro atoms. The first-order chi connectivity index (χ1) is 6.33. The number of alkyl halides is 1. The zero-order valence-corrected chi connectivity index (χ0v) is 9.20. The van der Waals surface area contributed by atoms with Crippen molar-refractivity contribution in [3.05, 3.63) is 0 Å². The Kier molecular flexibility index (Phi) is 5.07. The normalized spacial score (nSPS) is 21.7. The van der Waals surface area contributed by atoms with Gasteiger partial charge in [-0.3, -0.25) is 0 Å². The number of rotatable bonds is 5. The highest BCUT2D eigenvalue weighted by molar-refractivity contribution is 6.18. The van der Waals surface area contributed by atoms with Gasteiger partial charge in [-0.15, -0.1) is 11.6 Å². The summed E-state index contributed by atoms with van der Waals surface area (Å²) in [6.45, 7) is 1.70. The molecule has 1 aliphatic rings. The predicted molar refractivity (Wildman–Crippen MR) is 56.4 cm³/mol. The molecule has 1 rings (SSSR count). The Morgan fingerprint density at radius 2 is 2.00 bits per heavy atom. The summed E-state index contributed by atoms with van der Waals surface area (Å²) in [6, 6.07) is 0. The molecule has 0 aliphatic heterocycles. The summed E-state index contributed by atoms with van der Waals surface area (Å²) in [5.74, 6) is 0.733. The maximum absolute atomic E-state index is 6.01. The van der Waals surface area contributed by atoms with Crippen LogP contribution in [0.1, 0.15) is 32.1 Å². The van der Waals surface area contributed by atoms with Crippen LogP contribution in [0, 0.1) is 0 Å². The second kappa shape index (κ2) is 5.84. The maximum Gasteiger partial charge on any atom is 0.0587 e. The topological polar surface area (TPSA) is 21.3 Å². The van der Waals surface area contributed by atoms with E-state index in [1.54, 1.807) is 7.11 Å². The molecule has 13 heavy (non-hydrogen) atoms. The van der Waals surface area contributed by atoms with Crippen molar-refractivity contribution in [2.24, 2.45) is 0 Å². The molecule has 1 N–H and O–H groups in total. The molecule has 0 radical (unpaired) electrons. The van der Waals surface area contributed by atoms with Gasteiger partial charge >= 0.3 is 0 Å². The third-order valence-electron chi connectivity index (χ3n) is 2.87. The fraction of sp³-hybridized carbons (Fsp3) is 1.00. The van der Waals surface area contributed by atoms with Crippen LogP contribution in [-0.4, -0.2) is 31.7 Å². The van der Waals surface area contributed by atoms with Gasteiger partial charge in [0.25, 0.3) is 0 Å². The van der Waals surface area contributed by atoms with Crippen LogP contribution in [0.5, 0.6) is 0 Å². The van der Waals surface area contributed by atoms with Crippen molar-refractivity contribution in [3.63, 3.8) is 0 Å². The molecule has 2 nitrogen and oxygen atoms in total. The third-order valence-corrected chi connectivity index (χ3v) is 3.38. The summed E-state index contributed by atoms with van der Waals surface area (Å²) in [6.07, 6.45) is 6.43. The van der Waals surface area contributed by atoms with Crippen molar-refractivity contribution < 1.29 is 4.74 Å². The van der Waals surface area contributed by atoms with Crippen LogP contribution in [-0.2, 0) is 4.74 Å². The van der Waals surface area contributed by atoms with Gasteiger partial charge in [-0.05, 0) is 12.8 Å². The van der Waals surface area contributed by atoms with Crippen molar-refractivity contribution in [1.29, 1.82) is 0 Å². The average molecular weight is 206 g/mol. The van der Waals surface area contributed by atoms with E-state index in [1.807, 2.05) is 0 Å². The summed E-state index contributed by atoms with van der Waals surface area (Å²) in [7, 11) is 1.73. The zero-order valence-electron chi connectivity index (χ0n) is 8.44. The van der Waals surface area contributed by atoms with Crippen molar-refractivity contribution in [3.8, 4) is 0 Å². The predicted octanol–water partition coefficient (Wildman–Crippen LogP) is 2.16. The van der Waals surface area contributed by atoms with E-state index in [0.29, 0.717) is 0 Å². The standard InChI is InChI=1S/C10H20ClNO/c1-13-8-7-12-10(9-11)5-3-2-4-6-10/h12H,2-9H2,1H3. The number of hydrogen-bond donors (Lipinski definition) is 1. The van der Waals surface area contributed by atoms with Crippen LogP contribution < -0.4 is 5.32 Å². The summed E-state index contributed by atoms with van der Waals surface area (Å²) < 4.78 is 5.02. The molecule has 0 aromatic heterocycles. The summed E-state index contributed by atoms with van der Waals surface area (Å²) in [5.41, 5.74) is 0.207. The molecule has 1 aliphatic carbocycles. The average Bonchev–Trinajstić information content (AvgIpc) is 2.20. The molecule has 3 heteroatoms. The van der Waals surface area contributed by atoms with Crippen molar-refractivity contribution in [1.82, 2.24) is 5.32 Å². The maximum atomic E-state index is 6.01. The van der Waals surface area contributed by atoms with Crippen LogP contribution >= 0.6 is 11.6 Å². The van der Waals surface area contributed by atoms with Gasteiger partial charge in [-0.25, -0.2) is 0 Å². The Morgan fingerprint density at radius 3 is 2.54 bits per heavy atom. The van der Waals surface area contributed by atoms with Gasteiger partial charge in [0.2, 0.25) is 0 Å². The van der Waals surface area contributed by atoms with E-state index in [4.69, 9.17) is 16.3 Å². The van der Waals surface area contributed by atoms with E-state index in [-0.39, 0.29) is 5.54 Å². The highest BCUT2D eigenvalue weighted by Crippen LogP contribution is 2.28. The molecular weight excluding hydrogens is 186 g/mol. The molecule has 0 bridgehead atoms. The Hall–Kier alpha value is 0.210. The Balaban J connectivity index is 2.29. The monoisotopic (exact) mass is 205 g/mol. The summed E-state index contributed by atoms with van der Waals surface area (Å²) in [5, 5.41) is 3.53. The first-order valence-corrected chi connectivity index (χ1v) is 5.66. The lowest BCUT2D eigenvalue weighted by Crippen LogP contribution is -2.49. The molecule has 1 fully saturated rings. The smallest absolute Gasteiger partial charge is 0.0587 e. The van der Waals surface area contributed by atoms with Crippen LogP contribution in [0.15, 0.2) is 0 Å². The molecule has 78 valence electrons. The molecule has 0 atom stereocenters. The third kappa shape index (κ3) is 3.45. The summed E-state index contributed by atoms with van der Waals surface area (Å²) in [4.78, 5) is 0. The van der Waals surface area contributed by atoms with E-state index in [9.17, 15) is 0 Å². The number of halogens is 1. The minimum Gasteiger partial charge on any atom is -0.383 e. The molecule has 0 aromatic carbocycles. The van der Waals surface area contributed by atoms with E-state index >= 15 is 0 Å². The lowest BCUT2D eigenvalue weighted by molar-refractivity contribution is 0.174. The van der Waals surface area contributed by atoms with Gasteiger partial charge in [0, 0.05) is 25.1 Å². The van der Waals surface area contributed by atoms with Crippen molar-refractivity contribution >= 4 is 11.6 Å². The van der Waals surface area contributed by atoms with Crippen LogP contribution in [0.3, 0.4) is 0 Å². The second-order valence-electron chi connectivity index (χ2n) is 3.89.